The molecule has 94 valence electrons. The van der Waals surface area contributed by atoms with Crippen LogP contribution in [0.25, 0.3) is 0 Å². The van der Waals surface area contributed by atoms with Crippen LogP contribution in [0, 0.1) is 5.92 Å². The summed E-state index contributed by atoms with van der Waals surface area (Å²) in [6.45, 7) is 6.02. The average Bonchev–Trinajstić information content (AvgIpc) is 2.27. The molecule has 4 heteroatoms. The molecule has 1 rings (SSSR count). The van der Waals surface area contributed by atoms with Crippen LogP contribution >= 0.6 is 0 Å². The average molecular weight is 229 g/mol. The Balaban J connectivity index is 2.49. The van der Waals surface area contributed by atoms with Crippen molar-refractivity contribution < 1.29 is 14.6 Å². The fraction of sp³-hybridized carbons (Fsp3) is 0.917. The van der Waals surface area contributed by atoms with Crippen LogP contribution in [-0.4, -0.2) is 48.3 Å². The summed E-state index contributed by atoms with van der Waals surface area (Å²) in [6, 6.07) is 0. The highest BCUT2D eigenvalue weighted by Crippen LogP contribution is 2.21. The van der Waals surface area contributed by atoms with Gasteiger partial charge in [0.05, 0.1) is 7.11 Å². The van der Waals surface area contributed by atoms with Gasteiger partial charge in [-0.3, -0.25) is 4.90 Å². The Morgan fingerprint density at radius 1 is 1.62 bits per heavy atom. The van der Waals surface area contributed by atoms with E-state index in [4.69, 9.17) is 0 Å². The molecular weight excluding hydrogens is 206 g/mol. The lowest BCUT2D eigenvalue weighted by Gasteiger charge is -2.35. The second-order valence-electron chi connectivity index (χ2n) is 4.92. The number of carbonyl (C=O) groups is 1. The first kappa shape index (κ1) is 13.5. The molecule has 1 aliphatic heterocycles. The second-order valence-corrected chi connectivity index (χ2v) is 4.92. The number of aliphatic hydroxyl groups is 1. The molecule has 1 heterocycles. The van der Waals surface area contributed by atoms with E-state index in [2.05, 4.69) is 16.6 Å². The summed E-state index contributed by atoms with van der Waals surface area (Å²) in [5, 5.41) is 9.98. The van der Waals surface area contributed by atoms with Gasteiger partial charge in [-0.15, -0.1) is 0 Å². The Hall–Kier alpha value is -0.610. The quantitative estimate of drug-likeness (QED) is 0.732. The van der Waals surface area contributed by atoms with Crippen molar-refractivity contribution in [3.8, 4) is 0 Å². The highest BCUT2D eigenvalue weighted by Gasteiger charge is 2.34. The lowest BCUT2D eigenvalue weighted by Crippen LogP contribution is -2.50. The van der Waals surface area contributed by atoms with Gasteiger partial charge in [0, 0.05) is 13.1 Å². The van der Waals surface area contributed by atoms with Gasteiger partial charge < -0.3 is 9.84 Å². The number of hydrogen-bond acceptors (Lipinski definition) is 4. The molecule has 4 nitrogen and oxygen atoms in total. The van der Waals surface area contributed by atoms with Gasteiger partial charge in [0.25, 0.3) is 0 Å². The maximum Gasteiger partial charge on any atom is 0.338 e. The van der Waals surface area contributed by atoms with E-state index in [1.165, 1.54) is 20.5 Å². The molecule has 0 bridgehead atoms. The number of β-amino-alcohol motifs (C(OH)–C–C–N with tert-alkyl or cyclic N) is 1. The summed E-state index contributed by atoms with van der Waals surface area (Å²) in [4.78, 5) is 13.5. The molecule has 1 N–H and O–H groups in total. The number of piperidine rings is 1. The maximum absolute atomic E-state index is 11.4. The number of carbonyl (C=O) groups excluding carboxylic acids is 1. The molecule has 16 heavy (non-hydrogen) atoms. The Kier molecular flexibility index (Phi) is 4.74. The molecule has 0 radical (unpaired) electrons. The molecule has 0 spiro atoms. The largest absolute Gasteiger partial charge is 0.467 e. The molecule has 2 unspecified atom stereocenters. The summed E-state index contributed by atoms with van der Waals surface area (Å²) in [7, 11) is 1.31. The number of nitrogens with zero attached hydrogens (tertiary/aromatic N) is 1. The van der Waals surface area contributed by atoms with E-state index in [-0.39, 0.29) is 0 Å². The zero-order valence-corrected chi connectivity index (χ0v) is 10.5. The molecule has 0 saturated carbocycles. The number of likely N-dealkylation sites (tertiary alicyclic amines) is 1. The van der Waals surface area contributed by atoms with E-state index < -0.39 is 11.6 Å². The van der Waals surface area contributed by atoms with Crippen molar-refractivity contribution in [1.82, 2.24) is 4.90 Å². The first-order valence-corrected chi connectivity index (χ1v) is 6.02. The van der Waals surface area contributed by atoms with Crippen molar-refractivity contribution in [2.24, 2.45) is 5.92 Å². The number of ether oxygens (including phenoxy) is 1. The SMILES string of the molecule is CCC1CCCN(CC(C)(O)C(=O)OC)C1. The maximum atomic E-state index is 11.4. The monoisotopic (exact) mass is 229 g/mol. The number of hydrogen-bond donors (Lipinski definition) is 1. The highest BCUT2D eigenvalue weighted by molar-refractivity contribution is 5.78. The molecule has 1 saturated heterocycles. The lowest BCUT2D eigenvalue weighted by atomic mass is 9.94. The second kappa shape index (κ2) is 5.64. The third-order valence-electron chi connectivity index (χ3n) is 3.34. The van der Waals surface area contributed by atoms with Gasteiger partial charge in [0.1, 0.15) is 0 Å². The van der Waals surface area contributed by atoms with Crippen molar-refractivity contribution in [3.05, 3.63) is 0 Å². The van der Waals surface area contributed by atoms with E-state index in [0.717, 1.165) is 25.9 Å². The smallest absolute Gasteiger partial charge is 0.338 e. The van der Waals surface area contributed by atoms with Crippen LogP contribution in [0.4, 0.5) is 0 Å². The molecule has 0 aliphatic carbocycles. The van der Waals surface area contributed by atoms with Crippen molar-refractivity contribution in [3.63, 3.8) is 0 Å². The minimum Gasteiger partial charge on any atom is -0.467 e. The highest BCUT2D eigenvalue weighted by atomic mass is 16.5. The summed E-state index contributed by atoms with van der Waals surface area (Å²) in [6.07, 6.45) is 3.57. The van der Waals surface area contributed by atoms with Gasteiger partial charge in [0.15, 0.2) is 5.60 Å². The predicted molar refractivity (Wildman–Crippen MR) is 62.1 cm³/mol. The van der Waals surface area contributed by atoms with Gasteiger partial charge in [-0.2, -0.15) is 0 Å². The van der Waals surface area contributed by atoms with Crippen LogP contribution in [0.3, 0.4) is 0 Å². The molecule has 0 aromatic heterocycles. The van der Waals surface area contributed by atoms with Crippen LogP contribution in [-0.2, 0) is 9.53 Å². The Bertz CT molecular complexity index is 240. The van der Waals surface area contributed by atoms with Crippen LogP contribution in [0.1, 0.15) is 33.1 Å². The van der Waals surface area contributed by atoms with E-state index in [9.17, 15) is 9.90 Å². The van der Waals surface area contributed by atoms with Gasteiger partial charge in [0.2, 0.25) is 0 Å². The van der Waals surface area contributed by atoms with Gasteiger partial charge in [-0.25, -0.2) is 4.79 Å². The normalized spacial score (nSPS) is 26.1. The molecule has 1 fully saturated rings. The topological polar surface area (TPSA) is 49.8 Å². The summed E-state index contributed by atoms with van der Waals surface area (Å²) >= 11 is 0. The minimum absolute atomic E-state index is 0.371. The van der Waals surface area contributed by atoms with Crippen molar-refractivity contribution in [1.29, 1.82) is 0 Å². The van der Waals surface area contributed by atoms with Crippen molar-refractivity contribution in [2.45, 2.75) is 38.7 Å². The van der Waals surface area contributed by atoms with E-state index in [0.29, 0.717) is 12.5 Å². The minimum atomic E-state index is -1.38. The van der Waals surface area contributed by atoms with Crippen LogP contribution in [0.5, 0.6) is 0 Å². The molecular formula is C12H23NO3. The van der Waals surface area contributed by atoms with E-state index >= 15 is 0 Å². The first-order valence-electron chi connectivity index (χ1n) is 6.02. The summed E-state index contributed by atoms with van der Waals surface area (Å²) < 4.78 is 4.59. The predicted octanol–water partition coefficient (Wildman–Crippen LogP) is 1.03. The molecule has 0 aromatic carbocycles. The van der Waals surface area contributed by atoms with Gasteiger partial charge in [-0.1, -0.05) is 13.3 Å². The molecule has 0 amide bonds. The van der Waals surface area contributed by atoms with Crippen LogP contribution < -0.4 is 0 Å². The fourth-order valence-corrected chi connectivity index (χ4v) is 2.35. The van der Waals surface area contributed by atoms with Gasteiger partial charge >= 0.3 is 5.97 Å². The van der Waals surface area contributed by atoms with Gasteiger partial charge in [-0.05, 0) is 32.2 Å². The molecule has 1 aliphatic rings. The molecule has 2 atom stereocenters. The Morgan fingerprint density at radius 3 is 2.88 bits per heavy atom. The zero-order valence-electron chi connectivity index (χ0n) is 10.5. The lowest BCUT2D eigenvalue weighted by molar-refractivity contribution is -0.162. The van der Waals surface area contributed by atoms with Crippen LogP contribution in [0.15, 0.2) is 0 Å². The zero-order chi connectivity index (χ0) is 12.2. The Morgan fingerprint density at radius 2 is 2.31 bits per heavy atom. The van der Waals surface area contributed by atoms with E-state index in [1.807, 2.05) is 0 Å². The molecule has 0 aromatic rings. The third-order valence-corrected chi connectivity index (χ3v) is 3.34. The standard InChI is InChI=1S/C12H23NO3/c1-4-10-6-5-7-13(8-10)9-12(2,15)11(14)16-3/h10,15H,4-9H2,1-3H3. The van der Waals surface area contributed by atoms with E-state index in [1.54, 1.807) is 0 Å². The number of rotatable bonds is 4. The fourth-order valence-electron chi connectivity index (χ4n) is 2.35. The summed E-state index contributed by atoms with van der Waals surface area (Å²) in [5.74, 6) is 0.147. The van der Waals surface area contributed by atoms with Crippen molar-refractivity contribution in [2.75, 3.05) is 26.7 Å². The third kappa shape index (κ3) is 3.46. The summed E-state index contributed by atoms with van der Waals surface area (Å²) in [5.41, 5.74) is -1.38. The Labute approximate surface area is 97.6 Å². The van der Waals surface area contributed by atoms with Crippen LogP contribution in [0.2, 0.25) is 0 Å². The first-order chi connectivity index (χ1) is 7.49. The number of methoxy groups -OCH3 is 1. The van der Waals surface area contributed by atoms with Crippen molar-refractivity contribution >= 4 is 5.97 Å². The number of esters is 1.